The highest BCUT2D eigenvalue weighted by Crippen LogP contribution is 2.27. The smallest absolute Gasteiger partial charge is 0.264 e. The van der Waals surface area contributed by atoms with Gasteiger partial charge in [-0.1, -0.05) is 53.1 Å². The van der Waals surface area contributed by atoms with E-state index in [-0.39, 0.29) is 15.5 Å². The highest BCUT2D eigenvalue weighted by Gasteiger charge is 2.28. The van der Waals surface area contributed by atoms with Crippen LogP contribution < -0.4 is 9.73 Å². The maximum Gasteiger partial charge on any atom is 0.264 e. The van der Waals surface area contributed by atoms with Gasteiger partial charge in [0.2, 0.25) is 0 Å². The summed E-state index contributed by atoms with van der Waals surface area (Å²) in [6.45, 7) is 5.00. The van der Waals surface area contributed by atoms with Crippen molar-refractivity contribution >= 4 is 39.4 Å². The third kappa shape index (κ3) is 5.77. The Morgan fingerprint density at radius 1 is 1.06 bits per heavy atom. The van der Waals surface area contributed by atoms with E-state index in [1.165, 1.54) is 30.3 Å². The molecule has 3 rings (SSSR count). The van der Waals surface area contributed by atoms with Crippen LogP contribution in [0.4, 0.5) is 10.1 Å². The molecule has 1 amide bonds. The summed E-state index contributed by atoms with van der Waals surface area (Å²) in [5.74, 6) is -1.30. The molecule has 3 aromatic rings. The van der Waals surface area contributed by atoms with Crippen LogP contribution in [-0.2, 0) is 14.8 Å². The molecule has 3 aromatic carbocycles. The van der Waals surface area contributed by atoms with E-state index in [1.54, 1.807) is 31.2 Å². The molecule has 0 unspecified atom stereocenters. The van der Waals surface area contributed by atoms with Crippen molar-refractivity contribution < 1.29 is 17.6 Å². The van der Waals surface area contributed by atoms with Crippen LogP contribution in [0.25, 0.3) is 0 Å². The molecular weight excluding hydrogens is 465 g/mol. The van der Waals surface area contributed by atoms with Gasteiger partial charge in [0, 0.05) is 5.56 Å². The number of hydrazone groups is 1. The number of carbonyl (C=O) groups excluding carboxylic acids is 1. The lowest BCUT2D eigenvalue weighted by Gasteiger charge is -2.25. The number of nitrogens with zero attached hydrogens (tertiary/aromatic N) is 2. The Morgan fingerprint density at radius 3 is 2.36 bits per heavy atom. The van der Waals surface area contributed by atoms with Gasteiger partial charge < -0.3 is 0 Å². The predicted octanol–water partition coefficient (Wildman–Crippen LogP) is 4.75. The average molecular weight is 488 g/mol. The zero-order valence-corrected chi connectivity index (χ0v) is 19.9. The van der Waals surface area contributed by atoms with Gasteiger partial charge in [-0.3, -0.25) is 9.10 Å². The molecule has 9 heteroatoms. The zero-order valence-electron chi connectivity index (χ0n) is 18.3. The van der Waals surface area contributed by atoms with Crippen molar-refractivity contribution in [2.45, 2.75) is 25.7 Å². The van der Waals surface area contributed by atoms with E-state index in [0.717, 1.165) is 21.6 Å². The number of hydrogen-bond acceptors (Lipinski definition) is 4. The minimum atomic E-state index is -4.05. The van der Waals surface area contributed by atoms with Crippen molar-refractivity contribution in [3.8, 4) is 0 Å². The fraction of sp³-hybridized carbons (Fsp3) is 0.167. The second kappa shape index (κ2) is 10.1. The molecule has 0 saturated heterocycles. The maximum absolute atomic E-state index is 13.9. The molecule has 0 atom stereocenters. The van der Waals surface area contributed by atoms with E-state index in [2.05, 4.69) is 10.5 Å². The highest BCUT2D eigenvalue weighted by atomic mass is 35.5. The van der Waals surface area contributed by atoms with Gasteiger partial charge in [-0.25, -0.2) is 18.2 Å². The number of carbonyl (C=O) groups is 1. The first-order chi connectivity index (χ1) is 15.6. The fourth-order valence-corrected chi connectivity index (χ4v) is 4.89. The molecule has 0 saturated carbocycles. The van der Waals surface area contributed by atoms with Crippen molar-refractivity contribution in [2.24, 2.45) is 5.10 Å². The second-order valence-corrected chi connectivity index (χ2v) is 9.81. The van der Waals surface area contributed by atoms with Crippen molar-refractivity contribution in [2.75, 3.05) is 10.8 Å². The summed E-state index contributed by atoms with van der Waals surface area (Å²) in [6, 6.07) is 15.8. The summed E-state index contributed by atoms with van der Waals surface area (Å²) in [7, 11) is -4.05. The molecule has 0 radical (unpaired) electrons. The molecule has 172 valence electrons. The number of anilines is 1. The minimum Gasteiger partial charge on any atom is -0.271 e. The van der Waals surface area contributed by atoms with Crippen LogP contribution in [0.1, 0.15) is 22.3 Å². The lowest BCUT2D eigenvalue weighted by molar-refractivity contribution is -0.119. The lowest BCUT2D eigenvalue weighted by atomic mass is 10.1. The Bertz CT molecular complexity index is 1290. The van der Waals surface area contributed by atoms with Gasteiger partial charge in [0.05, 0.1) is 21.8 Å². The van der Waals surface area contributed by atoms with Crippen molar-refractivity contribution in [1.82, 2.24) is 5.43 Å². The van der Waals surface area contributed by atoms with Crippen LogP contribution in [0.15, 0.2) is 70.7 Å². The molecule has 0 aliphatic rings. The lowest BCUT2D eigenvalue weighted by Crippen LogP contribution is -2.40. The quantitative estimate of drug-likeness (QED) is 0.386. The van der Waals surface area contributed by atoms with Crippen LogP contribution in [0, 0.1) is 26.6 Å². The number of hydrogen-bond donors (Lipinski definition) is 1. The number of sulfonamides is 1. The molecule has 0 aromatic heterocycles. The largest absolute Gasteiger partial charge is 0.271 e. The van der Waals surface area contributed by atoms with Gasteiger partial charge >= 0.3 is 0 Å². The van der Waals surface area contributed by atoms with Crippen LogP contribution in [0.5, 0.6) is 0 Å². The summed E-state index contributed by atoms with van der Waals surface area (Å²) in [4.78, 5) is 12.7. The predicted molar refractivity (Wildman–Crippen MR) is 129 cm³/mol. The van der Waals surface area contributed by atoms with Gasteiger partial charge in [-0.05, 0) is 56.7 Å². The summed E-state index contributed by atoms with van der Waals surface area (Å²) in [6.07, 6.45) is 1.07. The van der Waals surface area contributed by atoms with Gasteiger partial charge in [0.25, 0.3) is 15.9 Å². The monoisotopic (exact) mass is 487 g/mol. The Morgan fingerprint density at radius 2 is 1.73 bits per heavy atom. The highest BCUT2D eigenvalue weighted by molar-refractivity contribution is 7.92. The van der Waals surface area contributed by atoms with E-state index in [1.807, 2.05) is 19.9 Å². The van der Waals surface area contributed by atoms with Crippen molar-refractivity contribution in [3.05, 3.63) is 93.8 Å². The third-order valence-electron chi connectivity index (χ3n) is 4.90. The standard InChI is InChI=1S/C24H23ClFN3O3S/c1-16-7-10-19(11-8-16)33(31,32)29(23-12-9-17(2)13-18(23)3)15-24(30)28-27-14-20-21(25)5-4-6-22(20)26/h4-14H,15H2,1-3H3,(H,28,30)/b27-14-. The van der Waals surface area contributed by atoms with E-state index < -0.39 is 28.3 Å². The molecule has 0 aliphatic heterocycles. The molecule has 0 spiro atoms. The first-order valence-corrected chi connectivity index (χ1v) is 11.8. The van der Waals surface area contributed by atoms with Gasteiger partial charge in [-0.15, -0.1) is 0 Å². The number of rotatable bonds is 7. The molecule has 0 bridgehead atoms. The molecule has 33 heavy (non-hydrogen) atoms. The summed E-state index contributed by atoms with van der Waals surface area (Å²) in [5, 5.41) is 3.87. The molecule has 0 aliphatic carbocycles. The molecule has 1 N–H and O–H groups in total. The number of nitrogens with one attached hydrogen (secondary N) is 1. The fourth-order valence-electron chi connectivity index (χ4n) is 3.19. The average Bonchev–Trinajstić information content (AvgIpc) is 2.75. The van der Waals surface area contributed by atoms with E-state index >= 15 is 0 Å². The molecule has 6 nitrogen and oxygen atoms in total. The first-order valence-electron chi connectivity index (χ1n) is 10.0. The van der Waals surface area contributed by atoms with Crippen LogP contribution in [0.3, 0.4) is 0 Å². The van der Waals surface area contributed by atoms with E-state index in [4.69, 9.17) is 11.6 Å². The number of amides is 1. The molecule has 0 heterocycles. The maximum atomic E-state index is 13.9. The summed E-state index contributed by atoms with van der Waals surface area (Å²) >= 11 is 5.95. The van der Waals surface area contributed by atoms with Crippen LogP contribution in [-0.4, -0.2) is 27.1 Å². The molecular formula is C24H23ClFN3O3S. The van der Waals surface area contributed by atoms with Crippen LogP contribution in [0.2, 0.25) is 5.02 Å². The summed E-state index contributed by atoms with van der Waals surface area (Å²) < 4.78 is 41.8. The second-order valence-electron chi connectivity index (χ2n) is 7.54. The molecule has 0 fully saturated rings. The third-order valence-corrected chi connectivity index (χ3v) is 7.00. The van der Waals surface area contributed by atoms with Crippen LogP contribution >= 0.6 is 11.6 Å². The normalized spacial score (nSPS) is 11.5. The van der Waals surface area contributed by atoms with Gasteiger partial charge in [-0.2, -0.15) is 5.10 Å². The van der Waals surface area contributed by atoms with E-state index in [0.29, 0.717) is 11.3 Å². The number of aryl methyl sites for hydroxylation is 3. The van der Waals surface area contributed by atoms with Crippen molar-refractivity contribution in [3.63, 3.8) is 0 Å². The Balaban J connectivity index is 1.90. The minimum absolute atomic E-state index is 0.0120. The SMILES string of the molecule is Cc1ccc(S(=O)(=O)N(CC(=O)N/N=C\c2c(F)cccc2Cl)c2ccc(C)cc2C)cc1. The van der Waals surface area contributed by atoms with Crippen molar-refractivity contribution in [1.29, 1.82) is 0 Å². The first kappa shape index (κ1) is 24.4. The Kier molecular flexibility index (Phi) is 7.50. The van der Waals surface area contributed by atoms with Gasteiger partial charge in [0.15, 0.2) is 0 Å². The number of halogens is 2. The topological polar surface area (TPSA) is 78.8 Å². The summed E-state index contributed by atoms with van der Waals surface area (Å²) in [5.41, 5.74) is 5.19. The number of benzene rings is 3. The Labute approximate surface area is 197 Å². The Hall–Kier alpha value is -3.23. The van der Waals surface area contributed by atoms with Gasteiger partial charge in [0.1, 0.15) is 12.4 Å². The van der Waals surface area contributed by atoms with E-state index in [9.17, 15) is 17.6 Å². The zero-order chi connectivity index (χ0) is 24.2.